The lowest BCUT2D eigenvalue weighted by molar-refractivity contribution is -0.384. The van der Waals surface area contributed by atoms with Crippen molar-refractivity contribution in [3.8, 4) is 5.75 Å². The summed E-state index contributed by atoms with van der Waals surface area (Å²) in [5.41, 5.74) is -0.217. The molecule has 1 aromatic heterocycles. The van der Waals surface area contributed by atoms with E-state index in [4.69, 9.17) is 14.2 Å². The zero-order valence-electron chi connectivity index (χ0n) is 23.7. The summed E-state index contributed by atoms with van der Waals surface area (Å²) in [7, 11) is 0. The maximum absolute atomic E-state index is 13.1. The molecule has 0 bridgehead atoms. The minimum atomic E-state index is -0.920. The van der Waals surface area contributed by atoms with Gasteiger partial charge in [0.05, 0.1) is 18.1 Å². The number of carbonyl (C=O) groups excluding carboxylic acids is 2. The van der Waals surface area contributed by atoms with Gasteiger partial charge in [0.25, 0.3) is 0 Å². The molecule has 0 saturated carbocycles. The molecule has 218 valence electrons. The van der Waals surface area contributed by atoms with Gasteiger partial charge in [-0.15, -0.1) is 0 Å². The third kappa shape index (κ3) is 8.76. The quantitative estimate of drug-likeness (QED) is 0.244. The Balaban J connectivity index is 1.75. The van der Waals surface area contributed by atoms with E-state index < -0.39 is 28.6 Å². The van der Waals surface area contributed by atoms with Crippen molar-refractivity contribution in [3.63, 3.8) is 0 Å². The van der Waals surface area contributed by atoms with Crippen molar-refractivity contribution in [2.75, 3.05) is 49.6 Å². The number of nitro groups is 1. The van der Waals surface area contributed by atoms with Crippen molar-refractivity contribution in [2.24, 2.45) is 0 Å². The molecule has 1 amide bonds. The van der Waals surface area contributed by atoms with Crippen LogP contribution >= 0.6 is 0 Å². The third-order valence-corrected chi connectivity index (χ3v) is 6.12. The Bertz CT molecular complexity index is 1160. The molecule has 40 heavy (non-hydrogen) atoms. The summed E-state index contributed by atoms with van der Waals surface area (Å²) in [5.74, 6) is 0.120. The molecule has 2 aromatic rings. The number of aryl methyl sites for hydroxylation is 1. The van der Waals surface area contributed by atoms with Crippen LogP contribution in [0.1, 0.15) is 46.6 Å². The molecule has 1 aliphatic rings. The highest BCUT2D eigenvalue weighted by Gasteiger charge is 2.29. The van der Waals surface area contributed by atoms with Gasteiger partial charge in [-0.25, -0.2) is 14.6 Å². The van der Waals surface area contributed by atoms with Gasteiger partial charge in [-0.05, 0) is 65.2 Å². The first-order chi connectivity index (χ1) is 19.0. The Hall–Kier alpha value is -4.00. The van der Waals surface area contributed by atoms with Gasteiger partial charge in [-0.3, -0.25) is 10.1 Å². The number of esters is 1. The second-order valence-electron chi connectivity index (χ2n) is 10.2. The monoisotopic (exact) mass is 558 g/mol. The third-order valence-electron chi connectivity index (χ3n) is 6.12. The molecule has 2 heterocycles. The molecule has 13 heteroatoms. The van der Waals surface area contributed by atoms with E-state index in [0.29, 0.717) is 57.5 Å². The first-order valence-corrected chi connectivity index (χ1v) is 13.4. The molecule has 0 unspecified atom stereocenters. The molecular weight excluding hydrogens is 520 g/mol. The van der Waals surface area contributed by atoms with Crippen LogP contribution in [0, 0.1) is 10.1 Å². The molecule has 0 aliphatic carbocycles. The van der Waals surface area contributed by atoms with Crippen LogP contribution in [0.5, 0.6) is 5.75 Å². The van der Waals surface area contributed by atoms with E-state index >= 15 is 0 Å². The van der Waals surface area contributed by atoms with E-state index in [1.807, 2.05) is 18.7 Å². The van der Waals surface area contributed by atoms with Crippen LogP contribution in [-0.4, -0.2) is 82.9 Å². The van der Waals surface area contributed by atoms with Crippen LogP contribution in [0.4, 0.5) is 22.2 Å². The Labute approximate surface area is 234 Å². The highest BCUT2D eigenvalue weighted by Crippen LogP contribution is 2.26. The number of nitrogens with zero attached hydrogens (tertiary/aromatic N) is 5. The minimum absolute atomic E-state index is 0.0527. The minimum Gasteiger partial charge on any atom is -0.458 e. The summed E-state index contributed by atoms with van der Waals surface area (Å²) in [6.07, 6.45) is 1.42. The van der Waals surface area contributed by atoms with Gasteiger partial charge < -0.3 is 29.3 Å². The Morgan fingerprint density at radius 3 is 2.40 bits per heavy atom. The largest absolute Gasteiger partial charge is 0.458 e. The van der Waals surface area contributed by atoms with Crippen molar-refractivity contribution >= 4 is 29.5 Å². The molecule has 1 aliphatic heterocycles. The number of hydrogen-bond donors (Lipinski definition) is 1. The zero-order valence-corrected chi connectivity index (χ0v) is 23.7. The lowest BCUT2D eigenvalue weighted by atomic mass is 10.0. The number of ether oxygens (including phenoxy) is 3. The highest BCUT2D eigenvalue weighted by atomic mass is 16.6. The van der Waals surface area contributed by atoms with Gasteiger partial charge in [-0.1, -0.05) is 12.1 Å². The maximum atomic E-state index is 13.1. The molecule has 0 radical (unpaired) electrons. The van der Waals surface area contributed by atoms with Crippen molar-refractivity contribution in [1.29, 1.82) is 0 Å². The van der Waals surface area contributed by atoms with E-state index in [0.717, 1.165) is 11.8 Å². The number of amides is 1. The van der Waals surface area contributed by atoms with Crippen LogP contribution in [-0.2, 0) is 20.7 Å². The molecule has 1 saturated heterocycles. The average molecular weight is 559 g/mol. The molecule has 1 fully saturated rings. The SMILES string of the molecule is CCN(CC)c1ncc([N+](=O)[O-])c(N[C@@H](CCc2ccc(OC(=O)N3CCOCC3)cc2)C(=O)OC(C)(C)C)n1. The van der Waals surface area contributed by atoms with Gasteiger partial charge in [-0.2, -0.15) is 4.98 Å². The number of aromatic nitrogens is 2. The predicted octanol–water partition coefficient (Wildman–Crippen LogP) is 3.82. The van der Waals surface area contributed by atoms with Crippen LogP contribution in [0.2, 0.25) is 0 Å². The highest BCUT2D eigenvalue weighted by molar-refractivity contribution is 5.80. The van der Waals surface area contributed by atoms with E-state index in [1.54, 1.807) is 49.9 Å². The zero-order chi connectivity index (χ0) is 29.3. The fraction of sp³-hybridized carbons (Fsp3) is 0.556. The van der Waals surface area contributed by atoms with Gasteiger partial charge in [0.2, 0.25) is 11.8 Å². The van der Waals surface area contributed by atoms with E-state index in [-0.39, 0.29) is 17.9 Å². The van der Waals surface area contributed by atoms with Crippen LogP contribution < -0.4 is 15.0 Å². The lowest BCUT2D eigenvalue weighted by Crippen LogP contribution is -2.42. The molecular formula is C27H38N6O7. The van der Waals surface area contributed by atoms with Gasteiger partial charge in [0, 0.05) is 26.2 Å². The van der Waals surface area contributed by atoms with Crippen LogP contribution in [0.3, 0.4) is 0 Å². The lowest BCUT2D eigenvalue weighted by Gasteiger charge is -2.26. The Morgan fingerprint density at radius 2 is 1.82 bits per heavy atom. The topological polar surface area (TPSA) is 149 Å². The number of morpholine rings is 1. The Morgan fingerprint density at radius 1 is 1.18 bits per heavy atom. The number of benzene rings is 1. The van der Waals surface area contributed by atoms with Gasteiger partial charge in [0.15, 0.2) is 0 Å². The molecule has 1 aromatic carbocycles. The maximum Gasteiger partial charge on any atom is 0.415 e. The fourth-order valence-electron chi connectivity index (χ4n) is 4.00. The van der Waals surface area contributed by atoms with Crippen LogP contribution in [0.25, 0.3) is 0 Å². The predicted molar refractivity (Wildman–Crippen MR) is 149 cm³/mol. The molecule has 1 N–H and O–H groups in total. The Kier molecular flexibility index (Phi) is 10.6. The summed E-state index contributed by atoms with van der Waals surface area (Å²) in [4.78, 5) is 48.6. The second kappa shape index (κ2) is 13.9. The molecule has 1 atom stereocenters. The van der Waals surface area contributed by atoms with E-state index in [2.05, 4.69) is 15.3 Å². The molecule has 13 nitrogen and oxygen atoms in total. The first kappa shape index (κ1) is 30.5. The standard InChI is InChI=1S/C27H38N6O7/c1-6-31(7-2)25-28-18-22(33(36)37)23(30-25)29-21(24(34)40-27(3,4)5)13-10-19-8-11-20(12-9-19)39-26(35)32-14-16-38-17-15-32/h8-9,11-12,18,21H,6-7,10,13-17H2,1-5H3,(H,28,29,30)/t21-/m0/s1. The molecule has 3 rings (SSSR count). The second-order valence-corrected chi connectivity index (χ2v) is 10.2. The first-order valence-electron chi connectivity index (χ1n) is 13.4. The number of rotatable bonds is 11. The van der Waals surface area contributed by atoms with Crippen molar-refractivity contribution in [1.82, 2.24) is 14.9 Å². The summed E-state index contributed by atoms with van der Waals surface area (Å²) in [6, 6.07) is 6.07. The van der Waals surface area contributed by atoms with Crippen molar-refractivity contribution < 1.29 is 28.7 Å². The average Bonchev–Trinajstić information content (AvgIpc) is 2.92. The van der Waals surface area contributed by atoms with E-state index in [9.17, 15) is 19.7 Å². The molecule has 0 spiro atoms. The summed E-state index contributed by atoms with van der Waals surface area (Å²) >= 11 is 0. The summed E-state index contributed by atoms with van der Waals surface area (Å²) < 4.78 is 16.3. The van der Waals surface area contributed by atoms with Crippen molar-refractivity contribution in [2.45, 2.75) is 59.1 Å². The van der Waals surface area contributed by atoms with Gasteiger partial charge >= 0.3 is 17.7 Å². The number of carbonyl (C=O) groups is 2. The van der Waals surface area contributed by atoms with Crippen LogP contribution in [0.15, 0.2) is 30.5 Å². The van der Waals surface area contributed by atoms with Crippen molar-refractivity contribution in [3.05, 3.63) is 46.1 Å². The number of nitrogens with one attached hydrogen (secondary N) is 1. The smallest absolute Gasteiger partial charge is 0.415 e. The summed E-state index contributed by atoms with van der Waals surface area (Å²) in [5, 5.41) is 14.7. The number of anilines is 2. The number of hydrogen-bond acceptors (Lipinski definition) is 11. The normalized spacial score (nSPS) is 14.3. The fourth-order valence-corrected chi connectivity index (χ4v) is 4.00. The van der Waals surface area contributed by atoms with Gasteiger partial charge in [0.1, 0.15) is 23.6 Å². The summed E-state index contributed by atoms with van der Waals surface area (Å²) in [6.45, 7) is 12.3. The van der Waals surface area contributed by atoms with E-state index in [1.165, 1.54) is 0 Å².